The van der Waals surface area contributed by atoms with Crippen LogP contribution in [-0.2, 0) is 26.2 Å². The molecule has 0 bridgehead atoms. The Morgan fingerprint density at radius 2 is 1.81 bits per heavy atom. The molecule has 0 fully saturated rings. The van der Waals surface area contributed by atoms with Crippen molar-refractivity contribution in [2.45, 2.75) is 59.2 Å². The molecule has 2 rings (SSSR count). The Balaban J connectivity index is 2.47. The summed E-state index contributed by atoms with van der Waals surface area (Å²) < 4.78 is 31.7. The van der Waals surface area contributed by atoms with Crippen molar-refractivity contribution in [1.29, 1.82) is 0 Å². The number of amides is 2. The Bertz CT molecular complexity index is 1170. The largest absolute Gasteiger partial charge is 0.497 e. The van der Waals surface area contributed by atoms with Crippen LogP contribution in [0.2, 0.25) is 5.02 Å². The van der Waals surface area contributed by atoms with E-state index in [2.05, 4.69) is 5.32 Å². The van der Waals surface area contributed by atoms with Gasteiger partial charge < -0.3 is 15.0 Å². The van der Waals surface area contributed by atoms with E-state index in [0.717, 1.165) is 28.1 Å². The fraction of sp³-hybridized carbons (Fsp3) is 0.462. The highest BCUT2D eigenvalue weighted by atomic mass is 35.5. The lowest BCUT2D eigenvalue weighted by Gasteiger charge is -2.33. The second kappa shape index (κ2) is 13.0. The number of benzene rings is 2. The topological polar surface area (TPSA) is 96.0 Å². The van der Waals surface area contributed by atoms with Crippen molar-refractivity contribution >= 4 is 39.1 Å². The summed E-state index contributed by atoms with van der Waals surface area (Å²) in [6.07, 6.45) is 2.13. The molecule has 8 nitrogen and oxygen atoms in total. The number of carbonyl (C=O) groups excluding carboxylic acids is 2. The highest BCUT2D eigenvalue weighted by Crippen LogP contribution is 2.26. The lowest BCUT2D eigenvalue weighted by atomic mass is 10.1. The van der Waals surface area contributed by atoms with Crippen LogP contribution in [0, 0.1) is 6.92 Å². The van der Waals surface area contributed by atoms with Crippen molar-refractivity contribution in [2.24, 2.45) is 0 Å². The summed E-state index contributed by atoms with van der Waals surface area (Å²) in [4.78, 5) is 28.3. The van der Waals surface area contributed by atoms with E-state index in [1.807, 2.05) is 26.8 Å². The first kappa shape index (κ1) is 29.5. The van der Waals surface area contributed by atoms with Gasteiger partial charge in [0.05, 0.1) is 19.1 Å². The van der Waals surface area contributed by atoms with E-state index in [1.165, 1.54) is 11.0 Å². The van der Waals surface area contributed by atoms with E-state index in [9.17, 15) is 18.0 Å². The Kier molecular flexibility index (Phi) is 10.6. The minimum atomic E-state index is -3.83. The van der Waals surface area contributed by atoms with Gasteiger partial charge in [0, 0.05) is 17.6 Å². The van der Waals surface area contributed by atoms with Crippen LogP contribution in [-0.4, -0.2) is 57.1 Å². The van der Waals surface area contributed by atoms with Crippen LogP contribution >= 0.6 is 11.6 Å². The molecule has 1 N–H and O–H groups in total. The number of anilines is 1. The van der Waals surface area contributed by atoms with Crippen molar-refractivity contribution < 1.29 is 22.7 Å². The second-order valence-electron chi connectivity index (χ2n) is 8.82. The van der Waals surface area contributed by atoms with Gasteiger partial charge in [0.25, 0.3) is 0 Å². The maximum atomic E-state index is 13.7. The summed E-state index contributed by atoms with van der Waals surface area (Å²) in [6, 6.07) is 11.2. The van der Waals surface area contributed by atoms with Gasteiger partial charge in [-0.3, -0.25) is 13.9 Å². The zero-order valence-corrected chi connectivity index (χ0v) is 23.3. The van der Waals surface area contributed by atoms with Gasteiger partial charge in [0.1, 0.15) is 18.3 Å². The third-order valence-electron chi connectivity index (χ3n) is 6.00. The van der Waals surface area contributed by atoms with Crippen LogP contribution in [0.4, 0.5) is 5.69 Å². The smallest absolute Gasteiger partial charge is 0.244 e. The average Bonchev–Trinajstić information content (AvgIpc) is 2.83. The van der Waals surface area contributed by atoms with Gasteiger partial charge in [-0.05, 0) is 62.1 Å². The summed E-state index contributed by atoms with van der Waals surface area (Å²) in [5, 5.41) is 3.34. The van der Waals surface area contributed by atoms with Crippen LogP contribution in [0.3, 0.4) is 0 Å². The maximum Gasteiger partial charge on any atom is 0.244 e. The number of ether oxygens (including phenoxy) is 1. The van der Waals surface area contributed by atoms with Crippen molar-refractivity contribution in [2.75, 3.05) is 24.2 Å². The number of nitrogens with one attached hydrogen (secondary N) is 1. The van der Waals surface area contributed by atoms with E-state index < -0.39 is 28.5 Å². The first-order valence-electron chi connectivity index (χ1n) is 11.9. The number of nitrogens with zero attached hydrogens (tertiary/aromatic N) is 2. The minimum absolute atomic E-state index is 0.0671. The maximum absolute atomic E-state index is 13.7. The Morgan fingerprint density at radius 3 is 2.36 bits per heavy atom. The molecule has 0 unspecified atom stereocenters. The molecule has 0 aliphatic carbocycles. The average molecular weight is 538 g/mol. The minimum Gasteiger partial charge on any atom is -0.497 e. The van der Waals surface area contributed by atoms with Crippen molar-refractivity contribution in [1.82, 2.24) is 10.2 Å². The highest BCUT2D eigenvalue weighted by molar-refractivity contribution is 7.92. The predicted molar refractivity (Wildman–Crippen MR) is 144 cm³/mol. The van der Waals surface area contributed by atoms with Gasteiger partial charge in [0.15, 0.2) is 0 Å². The zero-order chi connectivity index (χ0) is 27.0. The SMILES string of the molecule is CC[C@@H](C)NC(=O)[C@H](CC)N(Cc1cccc(OC)c1)C(=O)CN(c1ccc(C)c(Cl)c1)S(C)(=O)=O. The number of sulfonamides is 1. The molecule has 0 spiro atoms. The van der Waals surface area contributed by atoms with E-state index in [1.54, 1.807) is 44.4 Å². The first-order chi connectivity index (χ1) is 16.9. The third-order valence-corrected chi connectivity index (χ3v) is 7.54. The molecule has 0 saturated heterocycles. The summed E-state index contributed by atoms with van der Waals surface area (Å²) >= 11 is 6.24. The molecule has 10 heteroatoms. The molecule has 0 aliphatic heterocycles. The number of aryl methyl sites for hydroxylation is 1. The van der Waals surface area contributed by atoms with Gasteiger partial charge in [-0.1, -0.05) is 43.6 Å². The van der Waals surface area contributed by atoms with Gasteiger partial charge in [-0.15, -0.1) is 0 Å². The van der Waals surface area contributed by atoms with Crippen molar-refractivity contribution in [3.05, 3.63) is 58.6 Å². The quantitative estimate of drug-likeness (QED) is 0.439. The molecule has 2 atom stereocenters. The van der Waals surface area contributed by atoms with Gasteiger partial charge in [-0.25, -0.2) is 8.42 Å². The van der Waals surface area contributed by atoms with Crippen molar-refractivity contribution in [3.63, 3.8) is 0 Å². The Hall–Kier alpha value is -2.78. The summed E-state index contributed by atoms with van der Waals surface area (Å²) in [7, 11) is -2.28. The van der Waals surface area contributed by atoms with Crippen LogP contribution in [0.1, 0.15) is 44.7 Å². The standard InChI is InChI=1S/C26H36ClN3O5S/c1-7-19(4)28-26(32)24(8-2)29(16-20-10-9-11-22(14-20)35-5)25(31)17-30(36(6,33)34)21-13-12-18(3)23(27)15-21/h9-15,19,24H,7-8,16-17H2,1-6H3,(H,28,32)/t19-,24+/m1/s1. The van der Waals surface area contributed by atoms with Crippen LogP contribution in [0.25, 0.3) is 0 Å². The lowest BCUT2D eigenvalue weighted by Crippen LogP contribution is -2.53. The lowest BCUT2D eigenvalue weighted by molar-refractivity contribution is -0.140. The first-order valence-corrected chi connectivity index (χ1v) is 14.1. The molecular formula is C26H36ClN3O5S. The fourth-order valence-corrected chi connectivity index (χ4v) is 4.69. The number of methoxy groups -OCH3 is 1. The van der Waals surface area contributed by atoms with E-state index in [0.29, 0.717) is 17.2 Å². The molecule has 36 heavy (non-hydrogen) atoms. The Labute approximate surface area is 219 Å². The highest BCUT2D eigenvalue weighted by Gasteiger charge is 2.32. The van der Waals surface area contributed by atoms with Crippen LogP contribution in [0.15, 0.2) is 42.5 Å². The molecule has 0 saturated carbocycles. The van der Waals surface area contributed by atoms with Gasteiger partial charge in [0.2, 0.25) is 21.8 Å². The van der Waals surface area contributed by atoms with Crippen LogP contribution < -0.4 is 14.4 Å². The number of rotatable bonds is 12. The number of carbonyl (C=O) groups is 2. The molecule has 198 valence electrons. The number of hydrogen-bond acceptors (Lipinski definition) is 5. The fourth-order valence-electron chi connectivity index (χ4n) is 3.68. The molecular weight excluding hydrogens is 502 g/mol. The number of halogens is 1. The molecule has 0 aromatic heterocycles. The Morgan fingerprint density at radius 1 is 1.11 bits per heavy atom. The monoisotopic (exact) mass is 537 g/mol. The zero-order valence-electron chi connectivity index (χ0n) is 21.7. The van der Waals surface area contributed by atoms with Crippen LogP contribution in [0.5, 0.6) is 5.75 Å². The van der Waals surface area contributed by atoms with E-state index >= 15 is 0 Å². The second-order valence-corrected chi connectivity index (χ2v) is 11.1. The summed E-state index contributed by atoms with van der Waals surface area (Å²) in [5.41, 5.74) is 1.81. The molecule has 0 heterocycles. The molecule has 0 radical (unpaired) electrons. The van der Waals surface area contributed by atoms with Crippen molar-refractivity contribution in [3.8, 4) is 5.75 Å². The third kappa shape index (κ3) is 7.86. The van der Waals surface area contributed by atoms with E-state index in [4.69, 9.17) is 16.3 Å². The van der Waals surface area contributed by atoms with Gasteiger partial charge >= 0.3 is 0 Å². The van der Waals surface area contributed by atoms with Gasteiger partial charge in [-0.2, -0.15) is 0 Å². The molecule has 2 aromatic rings. The molecule has 2 aromatic carbocycles. The summed E-state index contributed by atoms with van der Waals surface area (Å²) in [5.74, 6) is -0.178. The predicted octanol–water partition coefficient (Wildman–Crippen LogP) is 4.15. The molecule has 0 aliphatic rings. The van der Waals surface area contributed by atoms with E-state index in [-0.39, 0.29) is 24.2 Å². The summed E-state index contributed by atoms with van der Waals surface area (Å²) in [6.45, 7) is 7.11. The normalized spacial score (nSPS) is 13.0. The molecule has 2 amide bonds. The number of hydrogen-bond donors (Lipinski definition) is 1.